The van der Waals surface area contributed by atoms with Crippen LogP contribution in [-0.4, -0.2) is 18.0 Å². The van der Waals surface area contributed by atoms with Crippen LogP contribution in [-0.2, 0) is 0 Å². The van der Waals surface area contributed by atoms with E-state index in [1.807, 2.05) is 0 Å². The first kappa shape index (κ1) is 8.59. The third-order valence-electron chi connectivity index (χ3n) is 1.95. The van der Waals surface area contributed by atoms with Gasteiger partial charge in [-0.15, -0.1) is 0 Å². The topological polar surface area (TPSA) is 68.3 Å². The summed E-state index contributed by atoms with van der Waals surface area (Å²) in [5.41, 5.74) is 5.53. The molecule has 2 rings (SSSR count). The summed E-state index contributed by atoms with van der Waals surface area (Å²) in [4.78, 5) is 11.3. The Bertz CT molecular complexity index is 337. The van der Waals surface area contributed by atoms with Crippen LogP contribution in [0.5, 0.6) is 0 Å². The third kappa shape index (κ3) is 1.84. The smallest absolute Gasteiger partial charge is 0.287 e. The zero-order chi connectivity index (χ0) is 9.42. The Kier molecular flexibility index (Phi) is 2.01. The maximum atomic E-state index is 11.3. The number of halogens is 1. The molecule has 2 unspecified atom stereocenters. The lowest BCUT2D eigenvalue weighted by Crippen LogP contribution is -2.29. The van der Waals surface area contributed by atoms with E-state index in [1.54, 1.807) is 0 Å². The van der Waals surface area contributed by atoms with Crippen LogP contribution in [0.3, 0.4) is 0 Å². The molecule has 1 fully saturated rings. The second-order valence-corrected chi connectivity index (χ2v) is 3.46. The molecule has 1 saturated carbocycles. The van der Waals surface area contributed by atoms with E-state index in [4.69, 9.17) is 21.8 Å². The Morgan fingerprint density at radius 2 is 2.38 bits per heavy atom. The van der Waals surface area contributed by atoms with Crippen molar-refractivity contribution in [2.24, 2.45) is 5.73 Å². The normalized spacial score (nSPS) is 25.7. The van der Waals surface area contributed by atoms with E-state index >= 15 is 0 Å². The second-order valence-electron chi connectivity index (χ2n) is 3.08. The number of rotatable bonds is 2. The van der Waals surface area contributed by atoms with E-state index in [0.717, 1.165) is 6.42 Å². The van der Waals surface area contributed by atoms with E-state index in [9.17, 15) is 4.79 Å². The van der Waals surface area contributed by atoms with Gasteiger partial charge in [-0.3, -0.25) is 4.79 Å². The molecule has 1 heterocycles. The molecule has 13 heavy (non-hydrogen) atoms. The van der Waals surface area contributed by atoms with Crippen LogP contribution >= 0.6 is 11.6 Å². The van der Waals surface area contributed by atoms with Gasteiger partial charge in [-0.05, 0) is 30.2 Å². The molecule has 3 N–H and O–H groups in total. The molecule has 0 aromatic carbocycles. The molecule has 1 amide bonds. The van der Waals surface area contributed by atoms with Crippen molar-refractivity contribution in [3.05, 3.63) is 23.1 Å². The van der Waals surface area contributed by atoms with Crippen molar-refractivity contribution in [2.45, 2.75) is 18.5 Å². The maximum Gasteiger partial charge on any atom is 0.287 e. The number of nitrogens with two attached hydrogens (primary N) is 1. The Morgan fingerprint density at radius 3 is 2.85 bits per heavy atom. The summed E-state index contributed by atoms with van der Waals surface area (Å²) >= 11 is 5.51. The predicted octanol–water partition coefficient (Wildman–Crippen LogP) is 0.762. The number of furan rings is 1. The molecule has 5 heteroatoms. The highest BCUT2D eigenvalue weighted by Crippen LogP contribution is 2.19. The van der Waals surface area contributed by atoms with Crippen molar-refractivity contribution >= 4 is 17.5 Å². The first-order chi connectivity index (χ1) is 6.16. The quantitative estimate of drug-likeness (QED) is 0.741. The van der Waals surface area contributed by atoms with Gasteiger partial charge in [0.15, 0.2) is 11.0 Å². The average molecular weight is 201 g/mol. The molecular formula is C8H9ClN2O2. The number of amides is 1. The van der Waals surface area contributed by atoms with Crippen LogP contribution < -0.4 is 11.1 Å². The van der Waals surface area contributed by atoms with Crippen LogP contribution in [0.2, 0.25) is 5.22 Å². The summed E-state index contributed by atoms with van der Waals surface area (Å²) in [5.74, 6) is -0.0334. The second kappa shape index (κ2) is 3.05. The molecule has 1 aliphatic rings. The summed E-state index contributed by atoms with van der Waals surface area (Å²) < 4.78 is 4.92. The van der Waals surface area contributed by atoms with Crippen molar-refractivity contribution in [1.82, 2.24) is 5.32 Å². The van der Waals surface area contributed by atoms with Crippen molar-refractivity contribution in [3.63, 3.8) is 0 Å². The van der Waals surface area contributed by atoms with Crippen LogP contribution in [0.1, 0.15) is 17.0 Å². The van der Waals surface area contributed by atoms with Gasteiger partial charge in [-0.1, -0.05) is 0 Å². The Morgan fingerprint density at radius 1 is 1.69 bits per heavy atom. The van der Waals surface area contributed by atoms with Crippen LogP contribution in [0, 0.1) is 0 Å². The first-order valence-corrected chi connectivity index (χ1v) is 4.36. The van der Waals surface area contributed by atoms with Crippen LogP contribution in [0.25, 0.3) is 0 Å². The van der Waals surface area contributed by atoms with Gasteiger partial charge in [0.05, 0.1) is 0 Å². The van der Waals surface area contributed by atoms with Crippen LogP contribution in [0.4, 0.5) is 0 Å². The zero-order valence-corrected chi connectivity index (χ0v) is 7.54. The summed E-state index contributed by atoms with van der Waals surface area (Å²) in [6, 6.07) is 3.25. The maximum absolute atomic E-state index is 11.3. The molecule has 0 aliphatic heterocycles. The van der Waals surface area contributed by atoms with E-state index in [-0.39, 0.29) is 29.0 Å². The lowest BCUT2D eigenvalue weighted by atomic mass is 10.4. The van der Waals surface area contributed by atoms with Gasteiger partial charge >= 0.3 is 0 Å². The number of hydrogen-bond donors (Lipinski definition) is 2. The molecule has 4 nitrogen and oxygen atoms in total. The van der Waals surface area contributed by atoms with Gasteiger partial charge in [0.25, 0.3) is 5.91 Å². The third-order valence-corrected chi connectivity index (χ3v) is 2.16. The fourth-order valence-corrected chi connectivity index (χ4v) is 1.20. The molecule has 2 atom stereocenters. The number of carbonyl (C=O) groups excluding carboxylic acids is 1. The minimum absolute atomic E-state index is 0.0920. The Hall–Kier alpha value is -1.00. The fraction of sp³-hybridized carbons (Fsp3) is 0.375. The molecule has 0 spiro atoms. The Balaban J connectivity index is 1.97. The standard InChI is InChI=1S/C8H9ClN2O2/c9-7-2-1-6(13-7)8(12)11-5-3-4(5)10/h1-2,4-5H,3,10H2,(H,11,12). The summed E-state index contributed by atoms with van der Waals surface area (Å²) in [6.45, 7) is 0. The van der Waals surface area contributed by atoms with Gasteiger partial charge in [-0.25, -0.2) is 0 Å². The lowest BCUT2D eigenvalue weighted by molar-refractivity contribution is 0.0922. The molecule has 0 bridgehead atoms. The number of nitrogens with one attached hydrogen (secondary N) is 1. The van der Waals surface area contributed by atoms with Crippen molar-refractivity contribution in [2.75, 3.05) is 0 Å². The average Bonchev–Trinajstić information content (AvgIpc) is 2.62. The van der Waals surface area contributed by atoms with E-state index in [2.05, 4.69) is 5.32 Å². The summed E-state index contributed by atoms with van der Waals surface area (Å²) in [5, 5.41) is 2.93. The Labute approximate surface area is 80.0 Å². The SMILES string of the molecule is NC1CC1NC(=O)c1ccc(Cl)o1. The highest BCUT2D eigenvalue weighted by atomic mass is 35.5. The van der Waals surface area contributed by atoms with Gasteiger partial charge in [0.1, 0.15) is 0 Å². The summed E-state index contributed by atoms with van der Waals surface area (Å²) in [7, 11) is 0. The minimum atomic E-state index is -0.259. The lowest BCUT2D eigenvalue weighted by Gasteiger charge is -1.98. The highest BCUT2D eigenvalue weighted by molar-refractivity contribution is 6.29. The van der Waals surface area contributed by atoms with Gasteiger partial charge in [-0.2, -0.15) is 0 Å². The monoisotopic (exact) mass is 200 g/mol. The first-order valence-electron chi connectivity index (χ1n) is 3.98. The molecule has 70 valence electrons. The van der Waals surface area contributed by atoms with Gasteiger partial charge in [0.2, 0.25) is 0 Å². The molecule has 1 aromatic heterocycles. The van der Waals surface area contributed by atoms with Crippen molar-refractivity contribution < 1.29 is 9.21 Å². The van der Waals surface area contributed by atoms with Crippen molar-refractivity contribution in [1.29, 1.82) is 0 Å². The number of hydrogen-bond acceptors (Lipinski definition) is 3. The van der Waals surface area contributed by atoms with E-state index < -0.39 is 0 Å². The van der Waals surface area contributed by atoms with E-state index in [0.29, 0.717) is 0 Å². The largest absolute Gasteiger partial charge is 0.440 e. The molecule has 1 aliphatic carbocycles. The number of carbonyl (C=O) groups is 1. The van der Waals surface area contributed by atoms with Crippen LogP contribution in [0.15, 0.2) is 16.5 Å². The molecule has 1 aromatic rings. The van der Waals surface area contributed by atoms with Gasteiger partial charge in [0, 0.05) is 12.1 Å². The minimum Gasteiger partial charge on any atom is -0.440 e. The van der Waals surface area contributed by atoms with E-state index in [1.165, 1.54) is 12.1 Å². The highest BCUT2D eigenvalue weighted by Gasteiger charge is 2.35. The molecular weight excluding hydrogens is 192 g/mol. The fourth-order valence-electron chi connectivity index (χ4n) is 1.06. The van der Waals surface area contributed by atoms with Crippen molar-refractivity contribution in [3.8, 4) is 0 Å². The van der Waals surface area contributed by atoms with Gasteiger partial charge < -0.3 is 15.5 Å². The molecule has 0 radical (unpaired) electrons. The zero-order valence-electron chi connectivity index (χ0n) is 6.79. The summed E-state index contributed by atoms with van der Waals surface area (Å²) in [6.07, 6.45) is 0.834. The molecule has 0 saturated heterocycles. The predicted molar refractivity (Wildman–Crippen MR) is 47.6 cm³/mol.